The van der Waals surface area contributed by atoms with Gasteiger partial charge in [-0.05, 0) is 38.1 Å². The van der Waals surface area contributed by atoms with Crippen LogP contribution >= 0.6 is 0 Å². The maximum atomic E-state index is 12.5. The average molecular weight is 310 g/mol. The molecule has 1 amide bonds. The highest BCUT2D eigenvalue weighted by Crippen LogP contribution is 2.22. The van der Waals surface area contributed by atoms with Gasteiger partial charge in [0.2, 0.25) is 0 Å². The largest absolute Gasteiger partial charge is 0.321 e. The summed E-state index contributed by atoms with van der Waals surface area (Å²) in [5.41, 5.74) is 2.76. The molecule has 0 aliphatic heterocycles. The molecule has 3 rings (SSSR count). The zero-order chi connectivity index (χ0) is 16.6. The highest BCUT2D eigenvalue weighted by atomic mass is 16.6. The Morgan fingerprint density at radius 3 is 2.74 bits per heavy atom. The van der Waals surface area contributed by atoms with Gasteiger partial charge in [-0.25, -0.2) is 4.98 Å². The maximum absolute atomic E-state index is 12.5. The van der Waals surface area contributed by atoms with E-state index in [-0.39, 0.29) is 11.6 Å². The van der Waals surface area contributed by atoms with Crippen molar-refractivity contribution in [1.82, 2.24) is 9.38 Å². The molecule has 2 aromatic heterocycles. The molecule has 3 aromatic rings. The number of aromatic nitrogens is 2. The van der Waals surface area contributed by atoms with Crippen molar-refractivity contribution >= 4 is 22.9 Å². The number of benzene rings is 1. The van der Waals surface area contributed by atoms with E-state index in [2.05, 4.69) is 10.3 Å². The Kier molecular flexibility index (Phi) is 3.53. The van der Waals surface area contributed by atoms with Crippen LogP contribution in [0.5, 0.6) is 0 Å². The molecule has 116 valence electrons. The monoisotopic (exact) mass is 310 g/mol. The highest BCUT2D eigenvalue weighted by Gasteiger charge is 2.17. The minimum atomic E-state index is -0.449. The first-order valence-electron chi connectivity index (χ1n) is 6.97. The van der Waals surface area contributed by atoms with Crippen LogP contribution in [0, 0.1) is 24.0 Å². The van der Waals surface area contributed by atoms with Gasteiger partial charge in [0.15, 0.2) is 0 Å². The van der Waals surface area contributed by atoms with E-state index in [1.807, 2.05) is 18.2 Å². The molecule has 0 saturated carbocycles. The Bertz CT molecular complexity index is 930. The summed E-state index contributed by atoms with van der Waals surface area (Å²) >= 11 is 0. The van der Waals surface area contributed by atoms with Crippen molar-refractivity contribution in [2.45, 2.75) is 13.8 Å². The zero-order valence-electron chi connectivity index (χ0n) is 12.6. The van der Waals surface area contributed by atoms with Gasteiger partial charge in [-0.1, -0.05) is 6.07 Å². The number of hydrogen-bond acceptors (Lipinski definition) is 4. The third kappa shape index (κ3) is 2.64. The Labute approximate surface area is 131 Å². The molecule has 0 atom stereocenters. The first-order valence-corrected chi connectivity index (χ1v) is 6.97. The molecule has 2 heterocycles. The number of pyridine rings is 1. The molecular formula is C16H14N4O3. The number of anilines is 1. The lowest BCUT2D eigenvalue weighted by Gasteiger charge is -2.07. The number of hydrogen-bond donors (Lipinski definition) is 1. The molecule has 0 aliphatic rings. The summed E-state index contributed by atoms with van der Waals surface area (Å²) in [6.07, 6.45) is 1.77. The first kappa shape index (κ1) is 14.7. The maximum Gasteiger partial charge on any atom is 0.274 e. The van der Waals surface area contributed by atoms with Gasteiger partial charge in [-0.3, -0.25) is 19.3 Å². The number of carbonyl (C=O) groups excluding carboxylic acids is 1. The minimum absolute atomic E-state index is 0.0222. The third-order valence-electron chi connectivity index (χ3n) is 3.57. The highest BCUT2D eigenvalue weighted by molar-refractivity contribution is 6.04. The van der Waals surface area contributed by atoms with Crippen LogP contribution in [-0.2, 0) is 0 Å². The number of nitro benzene ring substituents is 1. The number of nitrogens with zero attached hydrogens (tertiary/aromatic N) is 3. The zero-order valence-corrected chi connectivity index (χ0v) is 12.6. The number of nitro groups is 1. The van der Waals surface area contributed by atoms with Gasteiger partial charge < -0.3 is 5.32 Å². The molecular weight excluding hydrogens is 296 g/mol. The van der Waals surface area contributed by atoms with Gasteiger partial charge in [-0.2, -0.15) is 0 Å². The Hall–Kier alpha value is -3.22. The fourth-order valence-electron chi connectivity index (χ4n) is 2.52. The summed E-state index contributed by atoms with van der Waals surface area (Å²) in [7, 11) is 0. The third-order valence-corrected chi connectivity index (χ3v) is 3.57. The molecule has 0 radical (unpaired) electrons. The number of imidazole rings is 1. The number of aryl methyl sites for hydroxylation is 2. The van der Waals surface area contributed by atoms with Gasteiger partial charge in [0.05, 0.1) is 10.6 Å². The lowest BCUT2D eigenvalue weighted by atomic mass is 10.2. The van der Waals surface area contributed by atoms with Crippen LogP contribution in [0.15, 0.2) is 42.6 Å². The molecule has 23 heavy (non-hydrogen) atoms. The van der Waals surface area contributed by atoms with Gasteiger partial charge in [0, 0.05) is 23.5 Å². The quantitative estimate of drug-likeness (QED) is 0.594. The van der Waals surface area contributed by atoms with E-state index in [4.69, 9.17) is 0 Å². The lowest BCUT2D eigenvalue weighted by Crippen LogP contribution is -2.15. The molecule has 1 aromatic carbocycles. The molecule has 0 bridgehead atoms. The molecule has 7 nitrogen and oxygen atoms in total. The minimum Gasteiger partial charge on any atom is -0.321 e. The van der Waals surface area contributed by atoms with Crippen molar-refractivity contribution in [3.63, 3.8) is 0 Å². The normalized spacial score (nSPS) is 10.7. The predicted octanol–water partition coefficient (Wildman–Crippen LogP) is 3.11. The molecule has 0 saturated heterocycles. The molecule has 0 unspecified atom stereocenters. The van der Waals surface area contributed by atoms with Crippen molar-refractivity contribution in [2.75, 3.05) is 5.32 Å². The predicted molar refractivity (Wildman–Crippen MR) is 85.7 cm³/mol. The summed E-state index contributed by atoms with van der Waals surface area (Å²) in [5, 5.41) is 13.6. The van der Waals surface area contributed by atoms with Crippen LogP contribution < -0.4 is 5.32 Å². The van der Waals surface area contributed by atoms with Crippen LogP contribution in [0.2, 0.25) is 0 Å². The second-order valence-electron chi connectivity index (χ2n) is 5.19. The van der Waals surface area contributed by atoms with E-state index in [1.54, 1.807) is 30.5 Å². The SMILES string of the molecule is Cc1cc(NC(=O)c2c(C)nc3ccccn23)ccc1[N+](=O)[O-]. The van der Waals surface area contributed by atoms with Gasteiger partial charge in [-0.15, -0.1) is 0 Å². The van der Waals surface area contributed by atoms with Gasteiger partial charge in [0.1, 0.15) is 11.3 Å². The van der Waals surface area contributed by atoms with E-state index in [0.29, 0.717) is 28.3 Å². The smallest absolute Gasteiger partial charge is 0.274 e. The second kappa shape index (κ2) is 5.53. The molecule has 0 aliphatic carbocycles. The van der Waals surface area contributed by atoms with Crippen LogP contribution in [-0.4, -0.2) is 20.2 Å². The van der Waals surface area contributed by atoms with Gasteiger partial charge in [0.25, 0.3) is 11.6 Å². The standard InChI is InChI=1S/C16H14N4O3/c1-10-9-12(6-7-13(10)20(22)23)18-16(21)15-11(2)17-14-5-3-4-8-19(14)15/h3-9H,1-2H3,(H,18,21). The number of fused-ring (bicyclic) bond motifs is 1. The number of nitrogens with one attached hydrogen (secondary N) is 1. The Morgan fingerprint density at radius 1 is 1.26 bits per heavy atom. The number of amides is 1. The molecule has 0 fully saturated rings. The summed E-state index contributed by atoms with van der Waals surface area (Å²) in [5.74, 6) is -0.311. The Balaban J connectivity index is 1.94. The lowest BCUT2D eigenvalue weighted by molar-refractivity contribution is -0.385. The summed E-state index contributed by atoms with van der Waals surface area (Å²) in [6, 6.07) is 9.96. The van der Waals surface area contributed by atoms with E-state index in [0.717, 1.165) is 0 Å². The fourth-order valence-corrected chi connectivity index (χ4v) is 2.52. The second-order valence-corrected chi connectivity index (χ2v) is 5.19. The molecule has 1 N–H and O–H groups in total. The van der Waals surface area contributed by atoms with Crippen molar-refractivity contribution < 1.29 is 9.72 Å². The van der Waals surface area contributed by atoms with Crippen molar-refractivity contribution in [3.8, 4) is 0 Å². The van der Waals surface area contributed by atoms with E-state index < -0.39 is 4.92 Å². The van der Waals surface area contributed by atoms with E-state index >= 15 is 0 Å². The molecule has 0 spiro atoms. The first-order chi connectivity index (χ1) is 11.0. The molecule has 7 heteroatoms. The fraction of sp³-hybridized carbons (Fsp3) is 0.125. The summed E-state index contributed by atoms with van der Waals surface area (Å²) < 4.78 is 1.71. The van der Waals surface area contributed by atoms with Crippen molar-refractivity contribution in [3.05, 3.63) is 69.7 Å². The number of carbonyl (C=O) groups is 1. The summed E-state index contributed by atoms with van der Waals surface area (Å²) in [4.78, 5) is 27.3. The summed E-state index contributed by atoms with van der Waals surface area (Å²) in [6.45, 7) is 3.40. The van der Waals surface area contributed by atoms with E-state index in [9.17, 15) is 14.9 Å². The van der Waals surface area contributed by atoms with Crippen molar-refractivity contribution in [1.29, 1.82) is 0 Å². The van der Waals surface area contributed by atoms with Crippen LogP contribution in [0.1, 0.15) is 21.7 Å². The number of rotatable bonds is 3. The van der Waals surface area contributed by atoms with Crippen LogP contribution in [0.3, 0.4) is 0 Å². The van der Waals surface area contributed by atoms with Crippen molar-refractivity contribution in [2.24, 2.45) is 0 Å². The average Bonchev–Trinajstić information content (AvgIpc) is 2.82. The topological polar surface area (TPSA) is 89.5 Å². The van der Waals surface area contributed by atoms with Crippen LogP contribution in [0.4, 0.5) is 11.4 Å². The van der Waals surface area contributed by atoms with Crippen LogP contribution in [0.25, 0.3) is 5.65 Å². The van der Waals surface area contributed by atoms with E-state index in [1.165, 1.54) is 12.1 Å². The van der Waals surface area contributed by atoms with Gasteiger partial charge >= 0.3 is 0 Å². The Morgan fingerprint density at radius 2 is 2.04 bits per heavy atom.